The number of nitrogens with zero attached hydrogens (tertiary/aromatic N) is 2. The summed E-state index contributed by atoms with van der Waals surface area (Å²) in [5, 5.41) is 7.48. The topological polar surface area (TPSA) is 69.5 Å². The van der Waals surface area contributed by atoms with Crippen LogP contribution in [0.15, 0.2) is 58.8 Å². The highest BCUT2D eigenvalue weighted by atomic mass is 19.4. The predicted octanol–water partition coefficient (Wildman–Crippen LogP) is 3.78. The van der Waals surface area contributed by atoms with Crippen LogP contribution in [0.25, 0.3) is 0 Å². The lowest BCUT2D eigenvalue weighted by Gasteiger charge is -2.08. The van der Waals surface area contributed by atoms with Gasteiger partial charge in [0.05, 0.1) is 18.9 Å². The molecule has 28 heavy (non-hydrogen) atoms. The van der Waals surface area contributed by atoms with Gasteiger partial charge in [-0.05, 0) is 17.7 Å². The van der Waals surface area contributed by atoms with Crippen molar-refractivity contribution in [2.24, 2.45) is 10.3 Å². The quantitative estimate of drug-likeness (QED) is 0.407. The largest absolute Gasteiger partial charge is 0.464 e. The number of ether oxygens (including phenoxy) is 1. The van der Waals surface area contributed by atoms with E-state index in [1.807, 2.05) is 0 Å². The van der Waals surface area contributed by atoms with Crippen LogP contribution in [-0.2, 0) is 32.0 Å². The van der Waals surface area contributed by atoms with Crippen LogP contribution in [0, 0.1) is 0 Å². The van der Waals surface area contributed by atoms with Gasteiger partial charge in [-0.15, -0.1) is 0 Å². The number of carbonyl (C=O) groups excluding carboxylic acids is 1. The molecule has 0 atom stereocenters. The molecule has 2 aromatic rings. The monoisotopic (exact) mass is 394 g/mol. The summed E-state index contributed by atoms with van der Waals surface area (Å²) in [6, 6.07) is 11.3. The van der Waals surface area contributed by atoms with Crippen LogP contribution in [0.3, 0.4) is 0 Å². The van der Waals surface area contributed by atoms with E-state index in [9.17, 15) is 18.0 Å². The third-order valence-electron chi connectivity index (χ3n) is 3.56. The Balaban J connectivity index is 2.09. The van der Waals surface area contributed by atoms with E-state index in [-0.39, 0.29) is 12.3 Å². The van der Waals surface area contributed by atoms with Crippen molar-refractivity contribution in [2.75, 3.05) is 14.2 Å². The molecule has 0 aliphatic rings. The fraction of sp³-hybridized carbons (Fsp3) is 0.211. The van der Waals surface area contributed by atoms with E-state index >= 15 is 0 Å². The molecule has 6 nitrogen and oxygen atoms in total. The average Bonchev–Trinajstić information content (AvgIpc) is 2.69. The highest BCUT2D eigenvalue weighted by molar-refractivity contribution is 6.44. The number of halogens is 3. The summed E-state index contributed by atoms with van der Waals surface area (Å²) in [6.07, 6.45) is -3.03. The Hall–Kier alpha value is -3.36. The molecule has 0 spiro atoms. The lowest BCUT2D eigenvalue weighted by atomic mass is 10.0. The Kier molecular flexibility index (Phi) is 7.14. The van der Waals surface area contributed by atoms with Crippen LogP contribution in [0.1, 0.15) is 22.3 Å². The number of alkyl halides is 3. The maximum atomic E-state index is 12.5. The molecular weight excluding hydrogens is 377 g/mol. The standard InChI is InChI=1S/C19H17F3N2O4/c1-26-18(25)17(24-27-2)16-6-4-3-5-14(16)11-23-28-12-13-7-9-15(10-8-13)19(20,21)22/h3-11H,12H2,1-2H3/b23-11+,24-17-. The number of oxime groups is 2. The summed E-state index contributed by atoms with van der Waals surface area (Å²) in [5.41, 5.74) is 0.667. The zero-order valence-corrected chi connectivity index (χ0v) is 15.1. The van der Waals surface area contributed by atoms with Gasteiger partial charge in [0.25, 0.3) is 0 Å². The first-order chi connectivity index (χ1) is 13.4. The minimum absolute atomic E-state index is 0.0210. The SMILES string of the molecule is CO/N=C(\C(=O)OC)c1ccccc1/C=N/OCc1ccc(C(F)(F)F)cc1. The van der Waals surface area contributed by atoms with Crippen molar-refractivity contribution in [1.29, 1.82) is 0 Å². The van der Waals surface area contributed by atoms with Gasteiger partial charge in [0.1, 0.15) is 13.7 Å². The number of hydrogen-bond acceptors (Lipinski definition) is 6. The van der Waals surface area contributed by atoms with Crippen LogP contribution in [-0.4, -0.2) is 32.1 Å². The third kappa shape index (κ3) is 5.57. The van der Waals surface area contributed by atoms with Gasteiger partial charge in [-0.3, -0.25) is 0 Å². The minimum Gasteiger partial charge on any atom is -0.464 e. The second-order valence-corrected chi connectivity index (χ2v) is 5.40. The molecule has 0 radical (unpaired) electrons. The molecule has 0 aliphatic heterocycles. The van der Waals surface area contributed by atoms with Crippen molar-refractivity contribution in [3.63, 3.8) is 0 Å². The van der Waals surface area contributed by atoms with E-state index in [0.717, 1.165) is 12.1 Å². The van der Waals surface area contributed by atoms with Gasteiger partial charge in [-0.1, -0.05) is 46.7 Å². The summed E-state index contributed by atoms with van der Waals surface area (Å²) in [4.78, 5) is 21.7. The molecule has 0 unspecified atom stereocenters. The highest BCUT2D eigenvalue weighted by Crippen LogP contribution is 2.29. The van der Waals surface area contributed by atoms with Crippen molar-refractivity contribution in [1.82, 2.24) is 0 Å². The van der Waals surface area contributed by atoms with Crippen molar-refractivity contribution in [3.8, 4) is 0 Å². The summed E-state index contributed by atoms with van der Waals surface area (Å²) in [5.74, 6) is -0.687. The molecule has 0 amide bonds. The molecule has 0 aromatic heterocycles. The Labute approximate surface area is 159 Å². The molecule has 148 valence electrons. The Morgan fingerprint density at radius 1 is 1.07 bits per heavy atom. The smallest absolute Gasteiger partial charge is 0.416 e. The van der Waals surface area contributed by atoms with Gasteiger partial charge >= 0.3 is 12.1 Å². The maximum Gasteiger partial charge on any atom is 0.416 e. The van der Waals surface area contributed by atoms with E-state index in [1.165, 1.54) is 32.6 Å². The second-order valence-electron chi connectivity index (χ2n) is 5.40. The lowest BCUT2D eigenvalue weighted by Crippen LogP contribution is -2.19. The van der Waals surface area contributed by atoms with E-state index in [4.69, 9.17) is 4.84 Å². The minimum atomic E-state index is -4.39. The number of hydrogen-bond donors (Lipinski definition) is 0. The van der Waals surface area contributed by atoms with E-state index in [0.29, 0.717) is 16.7 Å². The summed E-state index contributed by atoms with van der Waals surface area (Å²) >= 11 is 0. The molecule has 9 heteroatoms. The summed E-state index contributed by atoms with van der Waals surface area (Å²) in [6.45, 7) is -0.0210. The molecule has 0 aliphatic carbocycles. The van der Waals surface area contributed by atoms with Crippen LogP contribution in [0.4, 0.5) is 13.2 Å². The van der Waals surface area contributed by atoms with Gasteiger partial charge in [-0.25, -0.2) is 4.79 Å². The molecule has 0 bridgehead atoms. The van der Waals surface area contributed by atoms with E-state index < -0.39 is 17.7 Å². The Morgan fingerprint density at radius 3 is 2.36 bits per heavy atom. The third-order valence-corrected chi connectivity index (χ3v) is 3.56. The zero-order valence-electron chi connectivity index (χ0n) is 15.1. The van der Waals surface area contributed by atoms with Crippen LogP contribution in [0.5, 0.6) is 0 Å². The fourth-order valence-electron chi connectivity index (χ4n) is 2.21. The predicted molar refractivity (Wildman–Crippen MR) is 95.8 cm³/mol. The maximum absolute atomic E-state index is 12.5. The first-order valence-electron chi connectivity index (χ1n) is 7.97. The molecule has 0 saturated carbocycles. The van der Waals surface area contributed by atoms with Crippen molar-refractivity contribution >= 4 is 17.9 Å². The normalized spacial score (nSPS) is 12.1. The average molecular weight is 394 g/mol. The molecule has 0 saturated heterocycles. The number of carbonyl (C=O) groups is 1. The number of benzene rings is 2. The number of methoxy groups -OCH3 is 1. The van der Waals surface area contributed by atoms with E-state index in [2.05, 4.69) is 19.9 Å². The lowest BCUT2D eigenvalue weighted by molar-refractivity contribution is -0.137. The van der Waals surface area contributed by atoms with Crippen LogP contribution < -0.4 is 0 Å². The molecule has 0 N–H and O–H groups in total. The zero-order chi connectivity index (χ0) is 20.6. The van der Waals surface area contributed by atoms with Crippen molar-refractivity contribution in [3.05, 3.63) is 70.8 Å². The molecule has 0 heterocycles. The van der Waals surface area contributed by atoms with Gasteiger partial charge in [0, 0.05) is 11.1 Å². The van der Waals surface area contributed by atoms with Gasteiger partial charge in [-0.2, -0.15) is 13.2 Å². The number of rotatable bonds is 7. The Bertz CT molecular complexity index is 862. The van der Waals surface area contributed by atoms with Crippen molar-refractivity contribution in [2.45, 2.75) is 12.8 Å². The summed E-state index contributed by atoms with van der Waals surface area (Å²) < 4.78 is 42.3. The van der Waals surface area contributed by atoms with Gasteiger partial charge in [0.2, 0.25) is 0 Å². The van der Waals surface area contributed by atoms with Crippen molar-refractivity contribution < 1.29 is 32.4 Å². The molecule has 0 fully saturated rings. The molecule has 2 aromatic carbocycles. The fourth-order valence-corrected chi connectivity index (χ4v) is 2.21. The Morgan fingerprint density at radius 2 is 1.75 bits per heavy atom. The molecular formula is C19H17F3N2O4. The van der Waals surface area contributed by atoms with Crippen LogP contribution >= 0.6 is 0 Å². The van der Waals surface area contributed by atoms with E-state index in [1.54, 1.807) is 24.3 Å². The molecule has 2 rings (SSSR count). The first kappa shape index (κ1) is 20.9. The second kappa shape index (κ2) is 9.54. The highest BCUT2D eigenvalue weighted by Gasteiger charge is 2.29. The van der Waals surface area contributed by atoms with Crippen LogP contribution in [0.2, 0.25) is 0 Å². The first-order valence-corrected chi connectivity index (χ1v) is 7.97. The number of esters is 1. The van der Waals surface area contributed by atoms with Gasteiger partial charge < -0.3 is 14.4 Å². The van der Waals surface area contributed by atoms with Gasteiger partial charge in [0.15, 0.2) is 5.71 Å². The summed E-state index contributed by atoms with van der Waals surface area (Å²) in [7, 11) is 2.52.